The van der Waals surface area contributed by atoms with E-state index in [1.165, 1.54) is 12.1 Å². The minimum absolute atomic E-state index is 0.0352. The summed E-state index contributed by atoms with van der Waals surface area (Å²) in [5.74, 6) is 0.560. The van der Waals surface area contributed by atoms with Gasteiger partial charge in [-0.25, -0.2) is 14.8 Å². The lowest BCUT2D eigenvalue weighted by Gasteiger charge is -2.34. The van der Waals surface area contributed by atoms with E-state index >= 15 is 0 Å². The molecule has 0 spiro atoms. The van der Waals surface area contributed by atoms with Crippen molar-refractivity contribution in [1.29, 1.82) is 0 Å². The van der Waals surface area contributed by atoms with Crippen LogP contribution >= 0.6 is 11.3 Å². The highest BCUT2D eigenvalue weighted by atomic mass is 32.1. The van der Waals surface area contributed by atoms with Crippen LogP contribution in [0.4, 0.5) is 5.82 Å². The maximum atomic E-state index is 12.0. The molecule has 1 saturated heterocycles. The van der Waals surface area contributed by atoms with E-state index < -0.39 is 12.1 Å². The molecule has 4 aromatic rings. The Morgan fingerprint density at radius 2 is 1.97 bits per heavy atom. The largest absolute Gasteiger partial charge is 0.507 e. The third kappa shape index (κ3) is 6.30. The third-order valence-corrected chi connectivity index (χ3v) is 7.66. The summed E-state index contributed by atoms with van der Waals surface area (Å²) >= 11 is 1.64. The Morgan fingerprint density at radius 1 is 1.18 bits per heavy atom. The number of aliphatic hydroxyl groups is 1. The number of anilines is 1. The molecule has 0 bridgehead atoms. The molecule has 1 unspecified atom stereocenters. The first-order valence-electron chi connectivity index (χ1n) is 13.1. The number of carbonyl (C=O) groups is 1. The van der Waals surface area contributed by atoms with Crippen LogP contribution in [0.1, 0.15) is 30.1 Å². The van der Waals surface area contributed by atoms with Crippen molar-refractivity contribution in [2.24, 2.45) is 0 Å². The number of thiophene rings is 1. The summed E-state index contributed by atoms with van der Waals surface area (Å²) in [4.78, 5) is 24.5. The molecule has 2 aromatic carbocycles. The molecule has 10 heteroatoms. The number of fused-ring (bicyclic) bond motifs is 1. The Morgan fingerprint density at radius 3 is 2.74 bits per heavy atom. The molecule has 5 rings (SSSR count). The summed E-state index contributed by atoms with van der Waals surface area (Å²) < 4.78 is 10.6. The van der Waals surface area contributed by atoms with Crippen LogP contribution in [0.2, 0.25) is 0 Å². The summed E-state index contributed by atoms with van der Waals surface area (Å²) in [7, 11) is 0. The summed E-state index contributed by atoms with van der Waals surface area (Å²) in [5.41, 5.74) is 2.36. The van der Waals surface area contributed by atoms with E-state index in [2.05, 4.69) is 37.7 Å². The van der Waals surface area contributed by atoms with Crippen molar-refractivity contribution < 1.29 is 24.5 Å². The number of aromatic nitrogens is 2. The Labute approximate surface area is 231 Å². The number of esters is 1. The zero-order valence-electron chi connectivity index (χ0n) is 21.7. The first-order valence-corrected chi connectivity index (χ1v) is 14.0. The van der Waals surface area contributed by atoms with Gasteiger partial charge in [0.05, 0.1) is 12.0 Å². The average molecular weight is 549 g/mol. The van der Waals surface area contributed by atoms with Crippen molar-refractivity contribution >= 4 is 33.3 Å². The predicted octanol–water partition coefficient (Wildman–Crippen LogP) is 4.24. The number of piperidine rings is 1. The van der Waals surface area contributed by atoms with Gasteiger partial charge < -0.3 is 29.9 Å². The first kappa shape index (κ1) is 26.9. The number of ether oxygens (including phenoxy) is 2. The van der Waals surface area contributed by atoms with E-state index in [9.17, 15) is 15.0 Å². The van der Waals surface area contributed by atoms with Crippen LogP contribution in [-0.2, 0) is 4.74 Å². The Kier molecular flexibility index (Phi) is 8.55. The van der Waals surface area contributed by atoms with Gasteiger partial charge in [-0.15, -0.1) is 11.3 Å². The van der Waals surface area contributed by atoms with Crippen LogP contribution in [0.5, 0.6) is 11.5 Å². The highest BCUT2D eigenvalue weighted by molar-refractivity contribution is 7.17. The zero-order valence-corrected chi connectivity index (χ0v) is 22.6. The van der Waals surface area contributed by atoms with Gasteiger partial charge in [0.25, 0.3) is 0 Å². The van der Waals surface area contributed by atoms with Gasteiger partial charge in [-0.2, -0.15) is 0 Å². The second-order valence-electron chi connectivity index (χ2n) is 9.43. The molecule has 204 valence electrons. The van der Waals surface area contributed by atoms with Gasteiger partial charge in [-0.3, -0.25) is 0 Å². The van der Waals surface area contributed by atoms with Crippen molar-refractivity contribution in [2.45, 2.75) is 31.9 Å². The topological polar surface area (TPSA) is 117 Å². The van der Waals surface area contributed by atoms with E-state index in [-0.39, 0.29) is 30.6 Å². The van der Waals surface area contributed by atoms with Gasteiger partial charge in [0.1, 0.15) is 46.7 Å². The molecule has 3 N–H and O–H groups in total. The van der Waals surface area contributed by atoms with Crippen LogP contribution in [0.3, 0.4) is 0 Å². The number of phenols is 1. The molecule has 2 aromatic heterocycles. The van der Waals surface area contributed by atoms with Crippen LogP contribution in [0.15, 0.2) is 60.2 Å². The van der Waals surface area contributed by atoms with E-state index in [0.29, 0.717) is 12.3 Å². The van der Waals surface area contributed by atoms with Crippen molar-refractivity contribution in [3.63, 3.8) is 0 Å². The highest BCUT2D eigenvalue weighted by Crippen LogP contribution is 2.38. The zero-order chi connectivity index (χ0) is 27.2. The minimum atomic E-state index is -0.733. The molecule has 1 atom stereocenters. The standard InChI is InChI=1S/C29H32N4O5S/c1-2-37-29(36)23-14-22(8-9-25(23)35)38-16-21(34)15-30-20-10-12-33(13-11-20)27-26-24(19-6-4-3-5-7-19)17-39-28(26)32-18-31-27/h3-9,14,17-18,20-21,30,34-35H,2,10-13,15-16H2,1H3. The number of hydrogen-bond acceptors (Lipinski definition) is 10. The minimum Gasteiger partial charge on any atom is -0.507 e. The molecule has 0 amide bonds. The molecule has 3 heterocycles. The van der Waals surface area contributed by atoms with Crippen molar-refractivity contribution in [3.05, 3.63) is 65.8 Å². The van der Waals surface area contributed by atoms with E-state index in [0.717, 1.165) is 53.1 Å². The molecule has 39 heavy (non-hydrogen) atoms. The van der Waals surface area contributed by atoms with E-state index in [1.807, 2.05) is 18.2 Å². The lowest BCUT2D eigenvalue weighted by Crippen LogP contribution is -2.45. The quantitative estimate of drug-likeness (QED) is 0.250. The number of phenolic OH excluding ortho intramolecular Hbond substituents is 1. The third-order valence-electron chi connectivity index (χ3n) is 6.78. The smallest absolute Gasteiger partial charge is 0.342 e. The maximum Gasteiger partial charge on any atom is 0.342 e. The van der Waals surface area contributed by atoms with Gasteiger partial charge in [-0.1, -0.05) is 30.3 Å². The second-order valence-corrected chi connectivity index (χ2v) is 10.3. The number of benzene rings is 2. The summed E-state index contributed by atoms with van der Waals surface area (Å²) in [6.45, 7) is 4.04. The van der Waals surface area contributed by atoms with Gasteiger partial charge in [-0.05, 0) is 43.5 Å². The molecule has 0 aliphatic carbocycles. The monoisotopic (exact) mass is 548 g/mol. The Bertz CT molecular complexity index is 1410. The Hall–Kier alpha value is -3.73. The van der Waals surface area contributed by atoms with Crippen LogP contribution in [0.25, 0.3) is 21.3 Å². The molecular formula is C29H32N4O5S. The lowest BCUT2D eigenvalue weighted by molar-refractivity contribution is 0.0522. The van der Waals surface area contributed by atoms with Crippen LogP contribution in [0, 0.1) is 0 Å². The normalized spacial score (nSPS) is 14.9. The molecule has 0 saturated carbocycles. The van der Waals surface area contributed by atoms with Crippen molar-refractivity contribution in [2.75, 3.05) is 37.7 Å². The lowest BCUT2D eigenvalue weighted by atomic mass is 10.0. The maximum absolute atomic E-state index is 12.0. The summed E-state index contributed by atoms with van der Waals surface area (Å²) in [6.07, 6.45) is 2.76. The van der Waals surface area contributed by atoms with Crippen LogP contribution in [-0.4, -0.2) is 71.1 Å². The summed E-state index contributed by atoms with van der Waals surface area (Å²) in [6, 6.07) is 15.0. The number of nitrogens with zero attached hydrogens (tertiary/aromatic N) is 3. The average Bonchev–Trinajstić information content (AvgIpc) is 3.41. The number of aromatic hydroxyl groups is 1. The van der Waals surface area contributed by atoms with Gasteiger partial charge in [0, 0.05) is 36.6 Å². The fourth-order valence-electron chi connectivity index (χ4n) is 4.76. The molecule has 1 aliphatic heterocycles. The fraction of sp³-hybridized carbons (Fsp3) is 0.345. The number of rotatable bonds is 10. The van der Waals surface area contributed by atoms with Crippen LogP contribution < -0.4 is 15.0 Å². The molecule has 1 fully saturated rings. The van der Waals surface area contributed by atoms with Crippen molar-refractivity contribution in [1.82, 2.24) is 15.3 Å². The number of nitrogens with one attached hydrogen (secondary N) is 1. The summed E-state index contributed by atoms with van der Waals surface area (Å²) in [5, 5.41) is 27.1. The molecule has 1 aliphatic rings. The fourth-order valence-corrected chi connectivity index (χ4v) is 5.67. The molecule has 9 nitrogen and oxygen atoms in total. The van der Waals surface area contributed by atoms with Gasteiger partial charge in [0.15, 0.2) is 0 Å². The number of aliphatic hydroxyl groups excluding tert-OH is 1. The van der Waals surface area contributed by atoms with Gasteiger partial charge >= 0.3 is 5.97 Å². The number of hydrogen-bond donors (Lipinski definition) is 3. The van der Waals surface area contributed by atoms with E-state index in [4.69, 9.17) is 9.47 Å². The number of carbonyl (C=O) groups excluding carboxylic acids is 1. The molecule has 0 radical (unpaired) electrons. The second kappa shape index (κ2) is 12.4. The first-order chi connectivity index (χ1) is 19.0. The Balaban J connectivity index is 1.13. The van der Waals surface area contributed by atoms with Crippen molar-refractivity contribution in [3.8, 4) is 22.6 Å². The SMILES string of the molecule is CCOC(=O)c1cc(OCC(O)CNC2CCN(c3ncnc4scc(-c5ccccc5)c34)CC2)ccc1O. The van der Waals surface area contributed by atoms with Gasteiger partial charge in [0.2, 0.25) is 0 Å². The molecular weight excluding hydrogens is 516 g/mol. The predicted molar refractivity (Wildman–Crippen MR) is 152 cm³/mol. The highest BCUT2D eigenvalue weighted by Gasteiger charge is 2.24. The van der Waals surface area contributed by atoms with E-state index in [1.54, 1.807) is 30.7 Å².